The number of benzene rings is 4. The van der Waals surface area contributed by atoms with Gasteiger partial charge in [-0.25, -0.2) is 17.6 Å². The van der Waals surface area contributed by atoms with Crippen LogP contribution in [-0.4, -0.2) is 11.8 Å². The maximum Gasteiger partial charge on any atom is 0.248 e. The first-order valence-electron chi connectivity index (χ1n) is 11.3. The van der Waals surface area contributed by atoms with Crippen LogP contribution in [0.4, 0.5) is 28.9 Å². The van der Waals surface area contributed by atoms with E-state index in [9.17, 15) is 27.2 Å². The Balaban J connectivity index is 1.55. The van der Waals surface area contributed by atoms with E-state index in [1.165, 1.54) is 6.08 Å². The smallest absolute Gasteiger partial charge is 0.248 e. The van der Waals surface area contributed by atoms with Gasteiger partial charge in [0, 0.05) is 22.7 Å². The van der Waals surface area contributed by atoms with Crippen LogP contribution in [0.25, 0.3) is 6.08 Å². The van der Waals surface area contributed by atoms with Gasteiger partial charge in [-0.15, -0.1) is 11.8 Å². The predicted molar refractivity (Wildman–Crippen MR) is 140 cm³/mol. The molecule has 0 spiro atoms. The van der Waals surface area contributed by atoms with E-state index in [4.69, 9.17) is 0 Å². The molecule has 1 unspecified atom stereocenters. The van der Waals surface area contributed by atoms with Gasteiger partial charge in [-0.2, -0.15) is 0 Å². The topological polar surface area (TPSA) is 58.2 Å². The number of rotatable bonds is 8. The Bertz CT molecular complexity index is 1450. The summed E-state index contributed by atoms with van der Waals surface area (Å²) >= 11 is 1.03. The summed E-state index contributed by atoms with van der Waals surface area (Å²) < 4.78 is 55.7. The van der Waals surface area contributed by atoms with E-state index in [0.29, 0.717) is 16.1 Å². The molecular weight excluding hydrogens is 516 g/mol. The van der Waals surface area contributed by atoms with Crippen LogP contribution in [0.1, 0.15) is 16.4 Å². The summed E-state index contributed by atoms with van der Waals surface area (Å²) in [5, 5.41) is 3.68. The Hall–Kier alpha value is -4.37. The molecule has 2 amide bonds. The molecule has 4 nitrogen and oxygen atoms in total. The van der Waals surface area contributed by atoms with E-state index in [-0.39, 0.29) is 12.0 Å². The molecule has 0 aliphatic rings. The minimum atomic E-state index is -1.71. The molecule has 4 rings (SSSR count). The third-order valence-corrected chi connectivity index (χ3v) is 6.53. The zero-order valence-electron chi connectivity index (χ0n) is 19.6. The second-order valence-corrected chi connectivity index (χ2v) is 9.18. The van der Waals surface area contributed by atoms with Crippen molar-refractivity contribution in [3.8, 4) is 0 Å². The van der Waals surface area contributed by atoms with Crippen LogP contribution in [-0.2, 0) is 9.59 Å². The quantitative estimate of drug-likeness (QED) is 0.107. The number of hydrogen-bond acceptors (Lipinski definition) is 3. The molecule has 192 valence electrons. The molecule has 4 aromatic rings. The van der Waals surface area contributed by atoms with E-state index in [2.05, 4.69) is 5.32 Å². The van der Waals surface area contributed by atoms with E-state index in [1.54, 1.807) is 60.7 Å². The summed E-state index contributed by atoms with van der Waals surface area (Å²) in [6.45, 7) is 0. The second kappa shape index (κ2) is 12.2. The molecule has 38 heavy (non-hydrogen) atoms. The maximum atomic E-state index is 14.2. The van der Waals surface area contributed by atoms with Crippen molar-refractivity contribution in [3.63, 3.8) is 0 Å². The molecule has 0 heterocycles. The highest BCUT2D eigenvalue weighted by Gasteiger charge is 2.27. The SMILES string of the molecule is O=C(/C=C/c1ccccc1)Nc1cccc(SC(C(=O)Nc2c(F)c(F)cc(F)c2F)c2ccccc2)c1. The van der Waals surface area contributed by atoms with Crippen LogP contribution in [0.5, 0.6) is 0 Å². The number of thioether (sulfide) groups is 1. The Morgan fingerprint density at radius 2 is 1.37 bits per heavy atom. The molecule has 9 heteroatoms. The Morgan fingerprint density at radius 3 is 2.03 bits per heavy atom. The summed E-state index contributed by atoms with van der Waals surface area (Å²) in [5.41, 5.74) is 0.581. The summed E-state index contributed by atoms with van der Waals surface area (Å²) in [6, 6.07) is 24.3. The van der Waals surface area contributed by atoms with Crippen molar-refractivity contribution in [2.24, 2.45) is 0 Å². The minimum absolute atomic E-state index is 0.0680. The number of anilines is 2. The lowest BCUT2D eigenvalue weighted by Gasteiger charge is -2.18. The van der Waals surface area contributed by atoms with Gasteiger partial charge in [-0.1, -0.05) is 66.7 Å². The van der Waals surface area contributed by atoms with Gasteiger partial charge in [0.15, 0.2) is 23.3 Å². The van der Waals surface area contributed by atoms with Crippen LogP contribution in [0.3, 0.4) is 0 Å². The number of amides is 2. The standard InChI is InChI=1S/C29H20F4N2O2S/c30-22-17-23(31)26(33)27(25(22)32)35-29(37)28(19-10-5-2-6-11-19)38-21-13-7-12-20(16-21)34-24(36)15-14-18-8-3-1-4-9-18/h1-17,28H,(H,34,36)(H,35,37)/b15-14+. The molecule has 0 saturated heterocycles. The van der Waals surface area contributed by atoms with Gasteiger partial charge in [-0.05, 0) is 35.4 Å². The minimum Gasteiger partial charge on any atom is -0.322 e. The Kier molecular flexibility index (Phi) is 8.60. The molecule has 0 saturated carbocycles. The van der Waals surface area contributed by atoms with Crippen LogP contribution < -0.4 is 10.6 Å². The molecule has 0 aromatic heterocycles. The fourth-order valence-corrected chi connectivity index (χ4v) is 4.56. The van der Waals surface area contributed by atoms with Crippen molar-refractivity contribution >= 4 is 41.0 Å². The van der Waals surface area contributed by atoms with E-state index in [0.717, 1.165) is 17.3 Å². The molecule has 0 aliphatic carbocycles. The van der Waals surface area contributed by atoms with Crippen LogP contribution in [0.15, 0.2) is 102 Å². The van der Waals surface area contributed by atoms with Gasteiger partial charge in [0.1, 0.15) is 10.9 Å². The monoisotopic (exact) mass is 536 g/mol. The highest BCUT2D eigenvalue weighted by atomic mass is 32.2. The van der Waals surface area contributed by atoms with Gasteiger partial charge < -0.3 is 10.6 Å². The normalized spacial score (nSPS) is 11.8. The zero-order chi connectivity index (χ0) is 27.1. The first-order valence-corrected chi connectivity index (χ1v) is 12.2. The van der Waals surface area contributed by atoms with Crippen LogP contribution in [0.2, 0.25) is 0 Å². The van der Waals surface area contributed by atoms with Gasteiger partial charge in [0.25, 0.3) is 0 Å². The van der Waals surface area contributed by atoms with E-state index in [1.807, 2.05) is 35.6 Å². The molecule has 2 N–H and O–H groups in total. The molecule has 4 aromatic carbocycles. The lowest BCUT2D eigenvalue weighted by molar-refractivity contribution is -0.116. The van der Waals surface area contributed by atoms with Gasteiger partial charge >= 0.3 is 0 Å². The number of halogens is 4. The maximum absolute atomic E-state index is 14.2. The van der Waals surface area contributed by atoms with Gasteiger partial charge in [-0.3, -0.25) is 9.59 Å². The number of carbonyl (C=O) groups is 2. The average molecular weight is 537 g/mol. The van der Waals surface area contributed by atoms with E-state index < -0.39 is 40.1 Å². The summed E-state index contributed by atoms with van der Waals surface area (Å²) in [5.74, 6) is -7.94. The molecule has 0 aliphatic heterocycles. The Labute approximate surface area is 220 Å². The molecule has 1 atom stereocenters. The number of nitrogens with one attached hydrogen (secondary N) is 2. The lowest BCUT2D eigenvalue weighted by Crippen LogP contribution is -2.21. The summed E-state index contributed by atoms with van der Waals surface area (Å²) in [4.78, 5) is 26.1. The van der Waals surface area contributed by atoms with Crippen molar-refractivity contribution in [2.75, 3.05) is 10.6 Å². The van der Waals surface area contributed by atoms with Crippen LogP contribution >= 0.6 is 11.8 Å². The fourth-order valence-electron chi connectivity index (χ4n) is 3.48. The first kappa shape index (κ1) is 26.7. The largest absolute Gasteiger partial charge is 0.322 e. The third-order valence-electron chi connectivity index (χ3n) is 5.28. The number of hydrogen-bond donors (Lipinski definition) is 2. The van der Waals surface area contributed by atoms with E-state index >= 15 is 0 Å². The molecule has 0 bridgehead atoms. The average Bonchev–Trinajstić information content (AvgIpc) is 2.93. The third kappa shape index (κ3) is 6.68. The first-order chi connectivity index (χ1) is 18.3. The molecule has 0 fully saturated rings. The zero-order valence-corrected chi connectivity index (χ0v) is 20.4. The van der Waals surface area contributed by atoms with Gasteiger partial charge in [0.2, 0.25) is 11.8 Å². The van der Waals surface area contributed by atoms with Crippen molar-refractivity contribution in [1.82, 2.24) is 0 Å². The molecular formula is C29H20F4N2O2S. The van der Waals surface area contributed by atoms with Crippen LogP contribution in [0, 0.1) is 23.3 Å². The fraction of sp³-hybridized carbons (Fsp3) is 0.0345. The Morgan fingerprint density at radius 1 is 0.737 bits per heavy atom. The second-order valence-electron chi connectivity index (χ2n) is 8.00. The predicted octanol–water partition coefficient (Wildman–Crippen LogP) is 7.37. The summed E-state index contributed by atoms with van der Waals surface area (Å²) in [6.07, 6.45) is 3.05. The lowest BCUT2D eigenvalue weighted by atomic mass is 10.1. The van der Waals surface area contributed by atoms with Gasteiger partial charge in [0.05, 0.1) is 0 Å². The molecule has 0 radical (unpaired) electrons. The van der Waals surface area contributed by atoms with Crippen molar-refractivity contribution in [1.29, 1.82) is 0 Å². The van der Waals surface area contributed by atoms with Crippen molar-refractivity contribution < 1.29 is 27.2 Å². The number of carbonyl (C=O) groups excluding carboxylic acids is 2. The summed E-state index contributed by atoms with van der Waals surface area (Å²) in [7, 11) is 0. The highest BCUT2D eigenvalue weighted by molar-refractivity contribution is 8.00. The highest BCUT2D eigenvalue weighted by Crippen LogP contribution is 2.38. The van der Waals surface area contributed by atoms with Crippen molar-refractivity contribution in [2.45, 2.75) is 10.1 Å². The van der Waals surface area contributed by atoms with Crippen molar-refractivity contribution in [3.05, 3.63) is 131 Å².